The maximum Gasteiger partial charge on any atom is 0.293 e. The fourth-order valence-electron chi connectivity index (χ4n) is 4.54. The largest absolute Gasteiger partial charge is 0.365 e. The second-order valence-corrected chi connectivity index (χ2v) is 12.4. The van der Waals surface area contributed by atoms with Crippen molar-refractivity contribution in [3.63, 3.8) is 0 Å². The van der Waals surface area contributed by atoms with Crippen LogP contribution in [0.3, 0.4) is 0 Å². The van der Waals surface area contributed by atoms with Crippen molar-refractivity contribution < 1.29 is 18.3 Å². The smallest absolute Gasteiger partial charge is 0.293 e. The van der Waals surface area contributed by atoms with Crippen molar-refractivity contribution in [1.82, 2.24) is 4.31 Å². The molecule has 1 heterocycles. The van der Waals surface area contributed by atoms with Gasteiger partial charge < -0.3 is 4.90 Å². The highest BCUT2D eigenvalue weighted by atomic mass is 32.2. The molecule has 1 fully saturated rings. The maximum atomic E-state index is 13.3. The van der Waals surface area contributed by atoms with Gasteiger partial charge in [-0.25, -0.2) is 8.42 Å². The zero-order valence-corrected chi connectivity index (χ0v) is 23.6. The molecule has 1 aliphatic rings. The second-order valence-electron chi connectivity index (χ2n) is 10.5. The Morgan fingerprint density at radius 2 is 1.62 bits per heavy atom. The van der Waals surface area contributed by atoms with Gasteiger partial charge >= 0.3 is 0 Å². The minimum atomic E-state index is -4.00. The van der Waals surface area contributed by atoms with E-state index in [4.69, 9.17) is 0 Å². The van der Waals surface area contributed by atoms with Gasteiger partial charge in [0.2, 0.25) is 10.0 Å². The van der Waals surface area contributed by atoms with Crippen LogP contribution in [0.25, 0.3) is 0 Å². The summed E-state index contributed by atoms with van der Waals surface area (Å²) in [6, 6.07) is 8.36. The molecule has 1 saturated heterocycles. The molecule has 2 aromatic carbocycles. The summed E-state index contributed by atoms with van der Waals surface area (Å²) in [4.78, 5) is 24.0. The standard InChI is InChI=1S/C26H36N6O6S/c1-19(2)17-29(18-20(3)4)24-11-8-21(14-25(24)32(35)36)16-27-28-23-10-9-22(31(33)34)15-26(23)39(37,38)30-12-6-5-7-13-30/h8-11,14-16,19-20,28H,5-7,12-13,17-18H2,1-4H3/b27-16+. The van der Waals surface area contributed by atoms with E-state index in [1.54, 1.807) is 12.1 Å². The zero-order chi connectivity index (χ0) is 28.7. The van der Waals surface area contributed by atoms with Crippen LogP contribution in [0.5, 0.6) is 0 Å². The lowest BCUT2D eigenvalue weighted by Crippen LogP contribution is -2.35. The summed E-state index contributed by atoms with van der Waals surface area (Å²) in [5.41, 5.74) is 3.31. The Hall–Kier alpha value is -3.58. The molecule has 39 heavy (non-hydrogen) atoms. The molecule has 0 bridgehead atoms. The number of nitro groups is 2. The fourth-order valence-corrected chi connectivity index (χ4v) is 6.22. The van der Waals surface area contributed by atoms with E-state index >= 15 is 0 Å². The van der Waals surface area contributed by atoms with Crippen molar-refractivity contribution in [2.24, 2.45) is 16.9 Å². The Balaban J connectivity index is 1.92. The average molecular weight is 561 g/mol. The molecule has 1 N–H and O–H groups in total. The Morgan fingerprint density at radius 3 is 2.18 bits per heavy atom. The monoisotopic (exact) mass is 560 g/mol. The molecule has 0 unspecified atom stereocenters. The number of nitro benzene ring substituents is 2. The highest BCUT2D eigenvalue weighted by molar-refractivity contribution is 7.89. The SMILES string of the molecule is CC(C)CN(CC(C)C)c1ccc(/C=N/Nc2ccc([N+](=O)[O-])cc2S(=O)(=O)N2CCCCC2)cc1[N+](=O)[O-]. The molecule has 2 aromatic rings. The third-order valence-corrected chi connectivity index (χ3v) is 8.15. The molecular weight excluding hydrogens is 524 g/mol. The van der Waals surface area contributed by atoms with Crippen LogP contribution in [0.2, 0.25) is 0 Å². The highest BCUT2D eigenvalue weighted by Gasteiger charge is 2.30. The van der Waals surface area contributed by atoms with Crippen LogP contribution in [0.1, 0.15) is 52.5 Å². The summed E-state index contributed by atoms with van der Waals surface area (Å²) in [7, 11) is -4.00. The lowest BCUT2D eigenvalue weighted by Gasteiger charge is -2.28. The number of non-ortho nitro benzene ring substituents is 1. The molecule has 12 nitrogen and oxygen atoms in total. The number of rotatable bonds is 12. The Kier molecular flexibility index (Phi) is 9.97. The van der Waals surface area contributed by atoms with Crippen molar-refractivity contribution in [3.8, 4) is 0 Å². The van der Waals surface area contributed by atoms with E-state index in [1.165, 1.54) is 28.7 Å². The Bertz CT molecular complexity index is 1310. The maximum absolute atomic E-state index is 13.3. The number of hydrogen-bond acceptors (Lipinski definition) is 9. The van der Waals surface area contributed by atoms with Gasteiger partial charge in [-0.15, -0.1) is 0 Å². The Labute approximate surface area is 229 Å². The van der Waals surface area contributed by atoms with Crippen LogP contribution in [0, 0.1) is 32.1 Å². The van der Waals surface area contributed by atoms with Gasteiger partial charge in [0.25, 0.3) is 11.4 Å². The number of hydrazone groups is 1. The normalized spacial score (nSPS) is 14.7. The van der Waals surface area contributed by atoms with E-state index in [-0.39, 0.29) is 22.0 Å². The van der Waals surface area contributed by atoms with Crippen LogP contribution in [-0.2, 0) is 10.0 Å². The van der Waals surface area contributed by atoms with Crippen LogP contribution >= 0.6 is 0 Å². The number of anilines is 2. The first-order valence-corrected chi connectivity index (χ1v) is 14.4. The van der Waals surface area contributed by atoms with Crippen LogP contribution in [0.15, 0.2) is 46.4 Å². The summed E-state index contributed by atoms with van der Waals surface area (Å²) >= 11 is 0. The van der Waals surface area contributed by atoms with Gasteiger partial charge in [-0.1, -0.05) is 40.2 Å². The van der Waals surface area contributed by atoms with E-state index < -0.39 is 19.9 Å². The van der Waals surface area contributed by atoms with E-state index in [2.05, 4.69) is 38.2 Å². The van der Waals surface area contributed by atoms with Gasteiger partial charge in [0, 0.05) is 49.9 Å². The molecule has 0 aromatic heterocycles. The predicted octanol–water partition coefficient (Wildman–Crippen LogP) is 5.24. The van der Waals surface area contributed by atoms with E-state index in [1.807, 2.05) is 4.90 Å². The van der Waals surface area contributed by atoms with Gasteiger partial charge in [0.1, 0.15) is 10.6 Å². The first-order valence-electron chi connectivity index (χ1n) is 13.0. The van der Waals surface area contributed by atoms with E-state index in [0.717, 1.165) is 25.3 Å². The average Bonchev–Trinajstić information content (AvgIpc) is 2.88. The topological polar surface area (TPSA) is 151 Å². The van der Waals surface area contributed by atoms with Gasteiger partial charge in [-0.3, -0.25) is 25.7 Å². The van der Waals surface area contributed by atoms with Crippen molar-refractivity contribution >= 4 is 39.0 Å². The molecule has 0 saturated carbocycles. The van der Waals surface area contributed by atoms with Crippen molar-refractivity contribution in [2.75, 3.05) is 36.5 Å². The minimum absolute atomic E-state index is 0.0519. The lowest BCUT2D eigenvalue weighted by molar-refractivity contribution is -0.385. The van der Waals surface area contributed by atoms with Crippen molar-refractivity contribution in [3.05, 3.63) is 62.2 Å². The molecule has 0 radical (unpaired) electrons. The number of hydrogen-bond donors (Lipinski definition) is 1. The minimum Gasteiger partial charge on any atom is -0.365 e. The van der Waals surface area contributed by atoms with E-state index in [9.17, 15) is 28.6 Å². The first kappa shape index (κ1) is 30.0. The first-order chi connectivity index (χ1) is 18.4. The quantitative estimate of drug-likeness (QED) is 0.210. The molecule has 0 amide bonds. The number of sulfonamides is 1. The molecular formula is C26H36N6O6S. The van der Waals surface area contributed by atoms with Crippen LogP contribution in [-0.4, -0.2) is 55.0 Å². The lowest BCUT2D eigenvalue weighted by atomic mass is 10.1. The predicted molar refractivity (Wildman–Crippen MR) is 152 cm³/mol. The number of piperidine rings is 1. The molecule has 0 spiro atoms. The van der Waals surface area contributed by atoms with Crippen LogP contribution < -0.4 is 10.3 Å². The molecule has 1 aliphatic heterocycles. The van der Waals surface area contributed by atoms with Gasteiger partial charge in [-0.05, 0) is 36.8 Å². The van der Waals surface area contributed by atoms with E-state index in [0.29, 0.717) is 49.3 Å². The molecule has 212 valence electrons. The highest BCUT2D eigenvalue weighted by Crippen LogP contribution is 2.32. The Morgan fingerprint density at radius 1 is 0.974 bits per heavy atom. The molecule has 13 heteroatoms. The van der Waals surface area contributed by atoms with Crippen molar-refractivity contribution in [2.45, 2.75) is 51.9 Å². The molecule has 0 aliphatic carbocycles. The summed E-state index contributed by atoms with van der Waals surface area (Å²) in [5.74, 6) is 0.622. The van der Waals surface area contributed by atoms with Crippen LogP contribution in [0.4, 0.5) is 22.7 Å². The number of benzene rings is 2. The van der Waals surface area contributed by atoms with Gasteiger partial charge in [-0.2, -0.15) is 9.41 Å². The molecule has 0 atom stereocenters. The number of nitrogens with zero attached hydrogens (tertiary/aromatic N) is 5. The summed E-state index contributed by atoms with van der Waals surface area (Å²) < 4.78 is 28.0. The third-order valence-electron chi connectivity index (χ3n) is 6.22. The second kappa shape index (κ2) is 13.0. The van der Waals surface area contributed by atoms with Crippen molar-refractivity contribution in [1.29, 1.82) is 0 Å². The summed E-state index contributed by atoms with van der Waals surface area (Å²) in [6.07, 6.45) is 3.71. The summed E-state index contributed by atoms with van der Waals surface area (Å²) in [6.45, 7) is 10.3. The van der Waals surface area contributed by atoms with Gasteiger partial charge in [0.05, 0.1) is 21.7 Å². The van der Waals surface area contributed by atoms with Gasteiger partial charge in [0.15, 0.2) is 0 Å². The number of nitrogens with one attached hydrogen (secondary N) is 1. The molecule has 3 rings (SSSR count). The summed E-state index contributed by atoms with van der Waals surface area (Å²) in [5, 5.41) is 27.4. The third kappa shape index (κ3) is 7.73. The fraction of sp³-hybridized carbons (Fsp3) is 0.500. The zero-order valence-electron chi connectivity index (χ0n) is 22.7.